The fraction of sp³-hybridized carbons (Fsp3) is 0. The Hall–Kier alpha value is -1.90. The van der Waals surface area contributed by atoms with Crippen LogP contribution >= 0.6 is 0 Å². The van der Waals surface area contributed by atoms with Gasteiger partial charge in [-0.15, -0.1) is 0 Å². The minimum atomic E-state index is 0.645. The Bertz CT molecular complexity index is 528. The Balaban J connectivity index is 2.67. The molecule has 3 nitrogen and oxygen atoms in total. The van der Waals surface area contributed by atoms with Gasteiger partial charge in [0.1, 0.15) is 5.58 Å². The van der Waals surface area contributed by atoms with Gasteiger partial charge in [0.15, 0.2) is 5.58 Å². The lowest BCUT2D eigenvalue weighted by Crippen LogP contribution is -1.85. The van der Waals surface area contributed by atoms with Crippen LogP contribution < -0.4 is 5.73 Å². The predicted molar refractivity (Wildman–Crippen MR) is 50.4 cm³/mol. The molecule has 0 aliphatic heterocycles. The number of nitrogens with two attached hydrogens (primary N) is 1. The van der Waals surface area contributed by atoms with Gasteiger partial charge < -0.3 is 14.6 Å². The number of anilines is 1. The second-order valence-corrected chi connectivity index (χ2v) is 2.96. The Labute approximate surface area is 73.7 Å². The van der Waals surface area contributed by atoms with E-state index in [1.54, 1.807) is 12.5 Å². The van der Waals surface area contributed by atoms with Crippen LogP contribution in [0.3, 0.4) is 0 Å². The molecule has 0 aliphatic carbocycles. The first-order valence-electron chi connectivity index (χ1n) is 3.99. The summed E-state index contributed by atoms with van der Waals surface area (Å²) in [5.41, 5.74) is 8.06. The zero-order valence-corrected chi connectivity index (χ0v) is 6.78. The number of fused-ring (bicyclic) bond motifs is 2. The molecule has 0 amide bonds. The van der Waals surface area contributed by atoms with Crippen molar-refractivity contribution in [2.45, 2.75) is 0 Å². The van der Waals surface area contributed by atoms with Crippen molar-refractivity contribution in [3.8, 4) is 0 Å². The molecule has 1 aromatic carbocycles. The van der Waals surface area contributed by atoms with Gasteiger partial charge in [-0.05, 0) is 18.2 Å². The van der Waals surface area contributed by atoms with Crippen LogP contribution in [0.5, 0.6) is 0 Å². The average Bonchev–Trinajstić information content (AvgIpc) is 2.71. The van der Waals surface area contributed by atoms with Crippen molar-refractivity contribution in [1.29, 1.82) is 0 Å². The van der Waals surface area contributed by atoms with E-state index in [0.717, 1.165) is 21.9 Å². The van der Waals surface area contributed by atoms with Crippen LogP contribution in [0, 0.1) is 0 Å². The Morgan fingerprint density at radius 1 is 1.08 bits per heavy atom. The van der Waals surface area contributed by atoms with Gasteiger partial charge in [-0.25, -0.2) is 0 Å². The normalized spacial score (nSPS) is 11.4. The van der Waals surface area contributed by atoms with Crippen molar-refractivity contribution in [3.63, 3.8) is 0 Å². The molecule has 0 unspecified atom stereocenters. The number of rotatable bonds is 0. The lowest BCUT2D eigenvalue weighted by Gasteiger charge is -1.95. The van der Waals surface area contributed by atoms with Gasteiger partial charge in [0.05, 0.1) is 18.2 Å². The molecule has 64 valence electrons. The van der Waals surface area contributed by atoms with Crippen molar-refractivity contribution in [3.05, 3.63) is 30.7 Å². The van der Waals surface area contributed by atoms with E-state index in [1.807, 2.05) is 18.2 Å². The minimum absolute atomic E-state index is 0.645. The van der Waals surface area contributed by atoms with Crippen molar-refractivity contribution in [2.24, 2.45) is 0 Å². The van der Waals surface area contributed by atoms with E-state index in [1.165, 1.54) is 0 Å². The molecule has 0 fully saturated rings. The molecule has 0 saturated heterocycles. The van der Waals surface area contributed by atoms with Crippen molar-refractivity contribution >= 4 is 27.6 Å². The first kappa shape index (κ1) is 6.60. The van der Waals surface area contributed by atoms with Crippen molar-refractivity contribution < 1.29 is 8.83 Å². The molecule has 0 atom stereocenters. The van der Waals surface area contributed by atoms with Gasteiger partial charge in [0.2, 0.25) is 0 Å². The zero-order valence-electron chi connectivity index (χ0n) is 6.78. The van der Waals surface area contributed by atoms with Gasteiger partial charge in [0.25, 0.3) is 0 Å². The van der Waals surface area contributed by atoms with Crippen LogP contribution in [0.25, 0.3) is 21.9 Å². The van der Waals surface area contributed by atoms with Crippen molar-refractivity contribution in [2.75, 3.05) is 5.73 Å². The molecule has 0 saturated carbocycles. The summed E-state index contributed by atoms with van der Waals surface area (Å²) in [5, 5.41) is 1.88. The second-order valence-electron chi connectivity index (χ2n) is 2.96. The van der Waals surface area contributed by atoms with Crippen LogP contribution in [-0.4, -0.2) is 0 Å². The summed E-state index contributed by atoms with van der Waals surface area (Å²) >= 11 is 0. The van der Waals surface area contributed by atoms with E-state index < -0.39 is 0 Å². The lowest BCUT2D eigenvalue weighted by atomic mass is 10.2. The van der Waals surface area contributed by atoms with E-state index in [2.05, 4.69) is 0 Å². The Morgan fingerprint density at radius 3 is 2.85 bits per heavy atom. The minimum Gasteiger partial charge on any atom is -0.464 e. The molecular formula is C10H7NO2. The van der Waals surface area contributed by atoms with E-state index >= 15 is 0 Å². The smallest absolute Gasteiger partial charge is 0.157 e. The number of hydrogen-bond donors (Lipinski definition) is 1. The fourth-order valence-electron chi connectivity index (χ4n) is 1.57. The molecule has 0 spiro atoms. The third-order valence-corrected chi connectivity index (χ3v) is 2.21. The van der Waals surface area contributed by atoms with E-state index in [9.17, 15) is 0 Å². The molecule has 3 aromatic rings. The van der Waals surface area contributed by atoms with Crippen LogP contribution in [-0.2, 0) is 0 Å². The summed E-state index contributed by atoms with van der Waals surface area (Å²) in [4.78, 5) is 0. The molecule has 3 heteroatoms. The molecule has 0 radical (unpaired) electrons. The SMILES string of the molecule is Nc1c2ccoc2cc2ccoc12. The monoisotopic (exact) mass is 173 g/mol. The summed E-state index contributed by atoms with van der Waals surface area (Å²) in [6.07, 6.45) is 3.25. The van der Waals surface area contributed by atoms with Gasteiger partial charge in [-0.1, -0.05) is 0 Å². The van der Waals surface area contributed by atoms with Gasteiger partial charge in [0, 0.05) is 10.8 Å². The highest BCUT2D eigenvalue weighted by molar-refractivity contribution is 6.05. The first-order valence-corrected chi connectivity index (χ1v) is 3.99. The van der Waals surface area contributed by atoms with Crippen LogP contribution in [0.15, 0.2) is 39.6 Å². The highest BCUT2D eigenvalue weighted by Gasteiger charge is 2.08. The zero-order chi connectivity index (χ0) is 8.84. The maximum Gasteiger partial charge on any atom is 0.157 e. The molecule has 0 bridgehead atoms. The predicted octanol–water partition coefficient (Wildman–Crippen LogP) is 2.76. The van der Waals surface area contributed by atoms with E-state index in [-0.39, 0.29) is 0 Å². The van der Waals surface area contributed by atoms with Crippen LogP contribution in [0.2, 0.25) is 0 Å². The fourth-order valence-corrected chi connectivity index (χ4v) is 1.57. The maximum atomic E-state index is 5.89. The summed E-state index contributed by atoms with van der Waals surface area (Å²) in [6, 6.07) is 5.63. The summed E-state index contributed by atoms with van der Waals surface area (Å²) in [7, 11) is 0. The number of benzene rings is 1. The van der Waals surface area contributed by atoms with Crippen LogP contribution in [0.4, 0.5) is 5.69 Å². The van der Waals surface area contributed by atoms with Crippen LogP contribution in [0.1, 0.15) is 0 Å². The van der Waals surface area contributed by atoms with Crippen molar-refractivity contribution in [1.82, 2.24) is 0 Å². The standard InChI is InChI=1S/C10H7NO2/c11-9-7-2-4-12-8(7)5-6-1-3-13-10(6)9/h1-5H,11H2. The number of hydrogen-bond acceptors (Lipinski definition) is 3. The molecular weight excluding hydrogens is 166 g/mol. The molecule has 0 aliphatic rings. The average molecular weight is 173 g/mol. The highest BCUT2D eigenvalue weighted by atomic mass is 16.3. The van der Waals surface area contributed by atoms with Gasteiger partial charge in [-0.2, -0.15) is 0 Å². The quantitative estimate of drug-likeness (QED) is 0.532. The molecule has 13 heavy (non-hydrogen) atoms. The Morgan fingerprint density at radius 2 is 1.92 bits per heavy atom. The molecule has 3 rings (SSSR count). The second kappa shape index (κ2) is 2.07. The van der Waals surface area contributed by atoms with Gasteiger partial charge >= 0.3 is 0 Å². The first-order chi connectivity index (χ1) is 6.36. The maximum absolute atomic E-state index is 5.89. The highest BCUT2D eigenvalue weighted by Crippen LogP contribution is 2.31. The Kier molecular flexibility index (Phi) is 1.05. The summed E-state index contributed by atoms with van der Waals surface area (Å²) in [5.74, 6) is 0. The molecule has 2 heterocycles. The largest absolute Gasteiger partial charge is 0.464 e. The summed E-state index contributed by atoms with van der Waals surface area (Å²) in [6.45, 7) is 0. The molecule has 2 aromatic heterocycles. The third-order valence-electron chi connectivity index (χ3n) is 2.21. The molecule has 2 N–H and O–H groups in total. The lowest BCUT2D eigenvalue weighted by molar-refractivity contribution is 0.613. The summed E-state index contributed by atoms with van der Waals surface area (Å²) < 4.78 is 10.5. The number of nitrogen functional groups attached to an aromatic ring is 1. The third kappa shape index (κ3) is 0.731. The topological polar surface area (TPSA) is 52.3 Å². The van der Waals surface area contributed by atoms with E-state index in [0.29, 0.717) is 5.69 Å². The number of furan rings is 2. The van der Waals surface area contributed by atoms with Gasteiger partial charge in [-0.3, -0.25) is 0 Å². The van der Waals surface area contributed by atoms with E-state index in [4.69, 9.17) is 14.6 Å².